The zero-order valence-electron chi connectivity index (χ0n) is 11.5. The van der Waals surface area contributed by atoms with Gasteiger partial charge in [-0.05, 0) is 46.3 Å². The molecule has 0 aliphatic carbocycles. The maximum absolute atomic E-state index is 4.09. The van der Waals surface area contributed by atoms with Gasteiger partial charge >= 0.3 is 0 Å². The van der Waals surface area contributed by atoms with Crippen LogP contribution < -0.4 is 5.32 Å². The minimum atomic E-state index is 0.674. The zero-order valence-corrected chi connectivity index (χ0v) is 11.5. The van der Waals surface area contributed by atoms with E-state index in [1.807, 2.05) is 18.2 Å². The van der Waals surface area contributed by atoms with Crippen molar-refractivity contribution in [1.29, 1.82) is 0 Å². The van der Waals surface area contributed by atoms with E-state index in [1.165, 1.54) is 10.8 Å². The normalized spacial score (nSPS) is 11.1. The molecule has 3 aromatic rings. The molecule has 5 nitrogen and oxygen atoms in total. The lowest BCUT2D eigenvalue weighted by atomic mass is 10.1. The summed E-state index contributed by atoms with van der Waals surface area (Å²) < 4.78 is 1.79. The van der Waals surface area contributed by atoms with Gasteiger partial charge in [-0.15, -0.1) is 5.10 Å². The van der Waals surface area contributed by atoms with E-state index in [1.54, 1.807) is 4.68 Å². The first kappa shape index (κ1) is 12.7. The summed E-state index contributed by atoms with van der Waals surface area (Å²) in [4.78, 5) is 0. The number of hydrogen-bond acceptors (Lipinski definition) is 4. The fraction of sp³-hybridized carbons (Fsp3) is 0.267. The Morgan fingerprint density at radius 1 is 1.10 bits per heavy atom. The predicted molar refractivity (Wildman–Crippen MR) is 78.7 cm³/mol. The third-order valence-electron chi connectivity index (χ3n) is 3.22. The fourth-order valence-electron chi connectivity index (χ4n) is 2.20. The molecule has 0 atom stereocenters. The monoisotopic (exact) mass is 267 g/mol. The van der Waals surface area contributed by atoms with Gasteiger partial charge in [-0.1, -0.05) is 37.3 Å². The standard InChI is InChI=1S/C15H17N5/c1-2-9-16-11-15-17-18-19-20(15)14-8-7-12-5-3-4-6-13(12)10-14/h3-8,10,16H,2,9,11H2,1H3. The summed E-state index contributed by atoms with van der Waals surface area (Å²) in [5.74, 6) is 0.828. The molecule has 0 fully saturated rings. The molecule has 0 unspecified atom stereocenters. The Hall–Kier alpha value is -2.27. The summed E-state index contributed by atoms with van der Waals surface area (Å²) in [5.41, 5.74) is 0.988. The second-order valence-corrected chi connectivity index (χ2v) is 4.72. The molecule has 0 aliphatic heterocycles. The average Bonchev–Trinajstić information content (AvgIpc) is 2.95. The predicted octanol–water partition coefficient (Wildman–Crippen LogP) is 2.32. The van der Waals surface area contributed by atoms with Crippen LogP contribution in [0.15, 0.2) is 42.5 Å². The molecule has 1 N–H and O–H groups in total. The maximum Gasteiger partial charge on any atom is 0.170 e. The summed E-state index contributed by atoms with van der Waals surface area (Å²) in [7, 11) is 0. The van der Waals surface area contributed by atoms with Crippen molar-refractivity contribution in [2.24, 2.45) is 0 Å². The van der Waals surface area contributed by atoms with Crippen LogP contribution in [0.1, 0.15) is 19.2 Å². The van der Waals surface area contributed by atoms with Crippen LogP contribution in [0, 0.1) is 0 Å². The van der Waals surface area contributed by atoms with Crippen LogP contribution >= 0.6 is 0 Å². The topological polar surface area (TPSA) is 55.6 Å². The van der Waals surface area contributed by atoms with Crippen LogP contribution in [0.3, 0.4) is 0 Å². The van der Waals surface area contributed by atoms with E-state index in [0.29, 0.717) is 6.54 Å². The van der Waals surface area contributed by atoms with Crippen molar-refractivity contribution >= 4 is 10.8 Å². The summed E-state index contributed by atoms with van der Waals surface area (Å²) in [6, 6.07) is 14.5. The molecule has 0 spiro atoms. The Labute approximate surface area is 117 Å². The van der Waals surface area contributed by atoms with Crippen LogP contribution in [0.5, 0.6) is 0 Å². The van der Waals surface area contributed by atoms with E-state index in [0.717, 1.165) is 24.5 Å². The van der Waals surface area contributed by atoms with Gasteiger partial charge in [0.15, 0.2) is 5.82 Å². The first-order valence-corrected chi connectivity index (χ1v) is 6.85. The molecule has 3 rings (SSSR count). The molecule has 0 saturated heterocycles. The van der Waals surface area contributed by atoms with Gasteiger partial charge < -0.3 is 5.32 Å². The molecule has 0 aliphatic rings. The Balaban J connectivity index is 1.92. The number of fused-ring (bicyclic) bond motifs is 1. The quantitative estimate of drug-likeness (QED) is 0.721. The van der Waals surface area contributed by atoms with Gasteiger partial charge in [0, 0.05) is 0 Å². The molecule has 2 aromatic carbocycles. The fourth-order valence-corrected chi connectivity index (χ4v) is 2.20. The highest BCUT2D eigenvalue weighted by molar-refractivity contribution is 5.84. The van der Waals surface area contributed by atoms with Crippen molar-refractivity contribution < 1.29 is 0 Å². The largest absolute Gasteiger partial charge is 0.310 e. The number of rotatable bonds is 5. The minimum absolute atomic E-state index is 0.674. The Morgan fingerprint density at radius 3 is 2.80 bits per heavy atom. The molecule has 102 valence electrons. The summed E-state index contributed by atoms with van der Waals surface area (Å²) in [5, 5.41) is 17.7. The second-order valence-electron chi connectivity index (χ2n) is 4.72. The van der Waals surface area contributed by atoms with Gasteiger partial charge in [0.25, 0.3) is 0 Å². The number of tetrazole rings is 1. The van der Waals surface area contributed by atoms with Crippen molar-refractivity contribution in [1.82, 2.24) is 25.5 Å². The van der Waals surface area contributed by atoms with E-state index < -0.39 is 0 Å². The summed E-state index contributed by atoms with van der Waals surface area (Å²) >= 11 is 0. The Kier molecular flexibility index (Phi) is 3.69. The number of nitrogens with zero attached hydrogens (tertiary/aromatic N) is 4. The van der Waals surface area contributed by atoms with Gasteiger partial charge in [-0.3, -0.25) is 0 Å². The Bertz CT molecular complexity index is 704. The van der Waals surface area contributed by atoms with Gasteiger partial charge in [-0.2, -0.15) is 4.68 Å². The van der Waals surface area contributed by atoms with Crippen LogP contribution in [-0.4, -0.2) is 26.8 Å². The van der Waals surface area contributed by atoms with E-state index in [-0.39, 0.29) is 0 Å². The highest BCUT2D eigenvalue weighted by atomic mass is 15.5. The molecule has 0 radical (unpaired) electrons. The highest BCUT2D eigenvalue weighted by Gasteiger charge is 2.08. The SMILES string of the molecule is CCCNCc1nnnn1-c1ccc2ccccc2c1. The number of nitrogens with one attached hydrogen (secondary N) is 1. The molecule has 0 amide bonds. The average molecular weight is 267 g/mol. The third-order valence-corrected chi connectivity index (χ3v) is 3.22. The van der Waals surface area contributed by atoms with Crippen LogP contribution in [0.25, 0.3) is 16.5 Å². The molecular formula is C15H17N5. The zero-order chi connectivity index (χ0) is 13.8. The lowest BCUT2D eigenvalue weighted by molar-refractivity contribution is 0.633. The van der Waals surface area contributed by atoms with Crippen molar-refractivity contribution in [3.05, 3.63) is 48.3 Å². The summed E-state index contributed by atoms with van der Waals surface area (Å²) in [6.07, 6.45) is 1.09. The van der Waals surface area contributed by atoms with E-state index >= 15 is 0 Å². The molecule has 1 heterocycles. The van der Waals surface area contributed by atoms with E-state index in [2.05, 4.69) is 52.0 Å². The smallest absolute Gasteiger partial charge is 0.170 e. The van der Waals surface area contributed by atoms with Gasteiger partial charge in [0.1, 0.15) is 0 Å². The van der Waals surface area contributed by atoms with Gasteiger partial charge in [0.2, 0.25) is 0 Å². The second kappa shape index (κ2) is 5.79. The highest BCUT2D eigenvalue weighted by Crippen LogP contribution is 2.18. The van der Waals surface area contributed by atoms with Crippen molar-refractivity contribution in [3.63, 3.8) is 0 Å². The number of hydrogen-bond donors (Lipinski definition) is 1. The Morgan fingerprint density at radius 2 is 1.95 bits per heavy atom. The van der Waals surface area contributed by atoms with Crippen molar-refractivity contribution in [2.45, 2.75) is 19.9 Å². The molecule has 0 bridgehead atoms. The maximum atomic E-state index is 4.09. The lowest BCUT2D eigenvalue weighted by Gasteiger charge is -2.06. The van der Waals surface area contributed by atoms with E-state index in [4.69, 9.17) is 0 Å². The van der Waals surface area contributed by atoms with Crippen molar-refractivity contribution in [3.8, 4) is 5.69 Å². The van der Waals surface area contributed by atoms with Crippen LogP contribution in [0.4, 0.5) is 0 Å². The number of benzene rings is 2. The molecular weight excluding hydrogens is 250 g/mol. The summed E-state index contributed by atoms with van der Waals surface area (Å²) in [6.45, 7) is 3.78. The van der Waals surface area contributed by atoms with Crippen LogP contribution in [-0.2, 0) is 6.54 Å². The minimum Gasteiger partial charge on any atom is -0.310 e. The van der Waals surface area contributed by atoms with Crippen LogP contribution in [0.2, 0.25) is 0 Å². The van der Waals surface area contributed by atoms with Gasteiger partial charge in [0.05, 0.1) is 12.2 Å². The van der Waals surface area contributed by atoms with Crippen molar-refractivity contribution in [2.75, 3.05) is 6.54 Å². The first-order valence-electron chi connectivity index (χ1n) is 6.85. The molecule has 5 heteroatoms. The van der Waals surface area contributed by atoms with Gasteiger partial charge in [-0.25, -0.2) is 0 Å². The van der Waals surface area contributed by atoms with E-state index in [9.17, 15) is 0 Å². The molecule has 20 heavy (non-hydrogen) atoms. The number of aromatic nitrogens is 4. The lowest BCUT2D eigenvalue weighted by Crippen LogP contribution is -2.17. The first-order chi connectivity index (χ1) is 9.88. The third kappa shape index (κ3) is 2.53. The molecule has 0 saturated carbocycles. The molecule has 1 aromatic heterocycles.